The average Bonchev–Trinajstić information content (AvgIpc) is 3.28. The van der Waals surface area contributed by atoms with Crippen LogP contribution in [0.3, 0.4) is 0 Å². The molecule has 4 rings (SSSR count). The van der Waals surface area contributed by atoms with Crippen LogP contribution in [0.5, 0.6) is 0 Å². The molecular weight excluding hydrogens is 388 g/mol. The molecule has 2 aromatic carbocycles. The average molecular weight is 413 g/mol. The lowest BCUT2D eigenvalue weighted by Gasteiger charge is -2.08. The number of anilines is 1. The molecule has 1 aromatic heterocycles. The van der Waals surface area contributed by atoms with Crippen LogP contribution in [0.25, 0.3) is 11.0 Å². The summed E-state index contributed by atoms with van der Waals surface area (Å²) in [5.41, 5.74) is 4.92. The number of carbonyl (C=O) groups excluding carboxylic acids is 1. The molecular formula is C21H24N4O3S. The number of sulfonamides is 1. The predicted molar refractivity (Wildman–Crippen MR) is 112 cm³/mol. The van der Waals surface area contributed by atoms with Crippen LogP contribution in [-0.4, -0.2) is 23.9 Å². The van der Waals surface area contributed by atoms with Gasteiger partial charge in [0, 0.05) is 25.1 Å². The van der Waals surface area contributed by atoms with Gasteiger partial charge in [0.1, 0.15) is 5.82 Å². The van der Waals surface area contributed by atoms with Crippen LogP contribution in [0.1, 0.15) is 36.7 Å². The smallest absolute Gasteiger partial charge is 0.238 e. The number of aromatic nitrogens is 2. The van der Waals surface area contributed by atoms with E-state index >= 15 is 0 Å². The van der Waals surface area contributed by atoms with E-state index in [1.54, 1.807) is 6.07 Å². The lowest BCUT2D eigenvalue weighted by Crippen LogP contribution is -2.14. The Morgan fingerprint density at radius 3 is 2.72 bits per heavy atom. The standard InChI is InChI=1S/C21H24N4O3S/c1-2-25-19-9-8-17(29(22,27)28)13-18(19)24-20(25)10-11-21(26)23-16-7-6-14-4-3-5-15(14)12-16/h6-9,12-13H,2-5,10-11H2,1H3,(H,23,26)(H2,22,27,28). The van der Waals surface area contributed by atoms with Crippen LogP contribution in [0.15, 0.2) is 41.3 Å². The third-order valence-corrected chi connectivity index (χ3v) is 6.31. The Bertz CT molecular complexity index is 1200. The molecule has 0 saturated carbocycles. The minimum absolute atomic E-state index is 0.0339. The van der Waals surface area contributed by atoms with Crippen molar-refractivity contribution in [2.45, 2.75) is 50.5 Å². The van der Waals surface area contributed by atoms with Crippen LogP contribution in [0.4, 0.5) is 5.69 Å². The zero-order chi connectivity index (χ0) is 20.6. The number of benzene rings is 2. The van der Waals surface area contributed by atoms with Crippen molar-refractivity contribution in [1.82, 2.24) is 9.55 Å². The van der Waals surface area contributed by atoms with Crippen molar-refractivity contribution in [1.29, 1.82) is 0 Å². The summed E-state index contributed by atoms with van der Waals surface area (Å²) in [7, 11) is -3.78. The Morgan fingerprint density at radius 1 is 1.17 bits per heavy atom. The van der Waals surface area contributed by atoms with E-state index in [1.165, 1.54) is 29.7 Å². The zero-order valence-electron chi connectivity index (χ0n) is 16.3. The summed E-state index contributed by atoms with van der Waals surface area (Å²) in [4.78, 5) is 17.0. The first-order valence-electron chi connectivity index (χ1n) is 9.79. The highest BCUT2D eigenvalue weighted by Gasteiger charge is 2.16. The first-order chi connectivity index (χ1) is 13.8. The van der Waals surface area contributed by atoms with Crippen LogP contribution in [-0.2, 0) is 40.6 Å². The molecule has 8 heteroatoms. The van der Waals surface area contributed by atoms with Gasteiger partial charge in [0.2, 0.25) is 15.9 Å². The first-order valence-corrected chi connectivity index (χ1v) is 11.3. The van der Waals surface area contributed by atoms with E-state index in [4.69, 9.17) is 5.14 Å². The quantitative estimate of drug-likeness (QED) is 0.649. The van der Waals surface area contributed by atoms with Gasteiger partial charge in [-0.25, -0.2) is 18.5 Å². The number of carbonyl (C=O) groups is 1. The van der Waals surface area contributed by atoms with Gasteiger partial charge in [0.05, 0.1) is 15.9 Å². The van der Waals surface area contributed by atoms with Gasteiger partial charge in [-0.15, -0.1) is 0 Å². The molecule has 0 bridgehead atoms. The van der Waals surface area contributed by atoms with Gasteiger partial charge < -0.3 is 9.88 Å². The third-order valence-electron chi connectivity index (χ3n) is 5.40. The Balaban J connectivity index is 1.49. The van der Waals surface area contributed by atoms with Crippen LogP contribution in [0, 0.1) is 0 Å². The summed E-state index contributed by atoms with van der Waals surface area (Å²) in [5.74, 6) is 0.682. The fourth-order valence-electron chi connectivity index (χ4n) is 3.98. The molecule has 0 spiro atoms. The topological polar surface area (TPSA) is 107 Å². The lowest BCUT2D eigenvalue weighted by molar-refractivity contribution is -0.116. The largest absolute Gasteiger partial charge is 0.328 e. The van der Waals surface area contributed by atoms with Gasteiger partial charge in [0.25, 0.3) is 0 Å². The van der Waals surface area contributed by atoms with Crippen LogP contribution in [0.2, 0.25) is 0 Å². The van der Waals surface area contributed by atoms with Crippen LogP contribution >= 0.6 is 0 Å². The minimum atomic E-state index is -3.78. The van der Waals surface area contributed by atoms with Crippen LogP contribution < -0.4 is 10.5 Å². The Hall–Kier alpha value is -2.71. The van der Waals surface area contributed by atoms with E-state index < -0.39 is 10.0 Å². The monoisotopic (exact) mass is 412 g/mol. The fraction of sp³-hybridized carbons (Fsp3) is 0.333. The number of amides is 1. The van der Waals surface area contributed by atoms with E-state index in [0.717, 1.165) is 29.9 Å². The van der Waals surface area contributed by atoms with Gasteiger partial charge in [0.15, 0.2) is 0 Å². The number of rotatable bonds is 6. The van der Waals surface area contributed by atoms with E-state index in [2.05, 4.69) is 22.4 Å². The number of hydrogen-bond acceptors (Lipinski definition) is 4. The van der Waals surface area contributed by atoms with E-state index in [9.17, 15) is 13.2 Å². The number of nitrogens with zero attached hydrogens (tertiary/aromatic N) is 2. The Labute approximate surface area is 170 Å². The Morgan fingerprint density at radius 2 is 1.97 bits per heavy atom. The molecule has 29 heavy (non-hydrogen) atoms. The molecule has 0 radical (unpaired) electrons. The molecule has 0 saturated heterocycles. The summed E-state index contributed by atoms with van der Waals surface area (Å²) < 4.78 is 25.2. The van der Waals surface area contributed by atoms with Gasteiger partial charge in [-0.3, -0.25) is 4.79 Å². The summed E-state index contributed by atoms with van der Waals surface area (Å²) in [6.45, 7) is 2.66. The number of hydrogen-bond donors (Lipinski definition) is 2. The second kappa shape index (κ2) is 7.61. The maximum absolute atomic E-state index is 12.4. The maximum atomic E-state index is 12.4. The molecule has 0 aliphatic heterocycles. The van der Waals surface area contributed by atoms with Gasteiger partial charge >= 0.3 is 0 Å². The van der Waals surface area contributed by atoms with Crippen molar-refractivity contribution in [2.75, 3.05) is 5.32 Å². The molecule has 1 amide bonds. The molecule has 3 N–H and O–H groups in total. The van der Waals surface area contributed by atoms with Crippen molar-refractivity contribution in [2.24, 2.45) is 5.14 Å². The van der Waals surface area contributed by atoms with Crippen molar-refractivity contribution >= 4 is 32.7 Å². The highest BCUT2D eigenvalue weighted by molar-refractivity contribution is 7.89. The Kier molecular flexibility index (Phi) is 5.14. The molecule has 1 heterocycles. The second-order valence-electron chi connectivity index (χ2n) is 7.35. The van der Waals surface area contributed by atoms with Gasteiger partial charge in [-0.1, -0.05) is 6.07 Å². The van der Waals surface area contributed by atoms with Crippen molar-refractivity contribution in [3.8, 4) is 0 Å². The van der Waals surface area contributed by atoms with Gasteiger partial charge in [-0.05, 0) is 67.6 Å². The highest BCUT2D eigenvalue weighted by Crippen LogP contribution is 2.25. The number of nitrogens with two attached hydrogens (primary N) is 1. The minimum Gasteiger partial charge on any atom is -0.328 e. The van der Waals surface area contributed by atoms with Crippen molar-refractivity contribution in [3.05, 3.63) is 53.3 Å². The number of fused-ring (bicyclic) bond motifs is 2. The predicted octanol–water partition coefficient (Wildman–Crippen LogP) is 2.76. The molecule has 152 valence electrons. The molecule has 0 unspecified atom stereocenters. The van der Waals surface area contributed by atoms with E-state index in [1.807, 2.05) is 17.6 Å². The summed E-state index contributed by atoms with van der Waals surface area (Å²) in [6.07, 6.45) is 4.11. The van der Waals surface area contributed by atoms with Crippen molar-refractivity contribution < 1.29 is 13.2 Å². The molecule has 7 nitrogen and oxygen atoms in total. The molecule has 0 fully saturated rings. The number of aryl methyl sites for hydroxylation is 4. The van der Waals surface area contributed by atoms with E-state index in [0.29, 0.717) is 24.9 Å². The summed E-state index contributed by atoms with van der Waals surface area (Å²) in [5, 5.41) is 8.19. The lowest BCUT2D eigenvalue weighted by atomic mass is 10.1. The van der Waals surface area contributed by atoms with E-state index in [-0.39, 0.29) is 10.8 Å². The number of nitrogens with one attached hydrogen (secondary N) is 1. The van der Waals surface area contributed by atoms with Crippen molar-refractivity contribution in [3.63, 3.8) is 0 Å². The second-order valence-corrected chi connectivity index (χ2v) is 8.91. The summed E-state index contributed by atoms with van der Waals surface area (Å²) in [6, 6.07) is 10.8. The maximum Gasteiger partial charge on any atom is 0.238 e. The summed E-state index contributed by atoms with van der Waals surface area (Å²) >= 11 is 0. The normalized spacial score (nSPS) is 13.6. The number of imidazole rings is 1. The molecule has 3 aromatic rings. The molecule has 1 aliphatic carbocycles. The first kappa shape index (κ1) is 19.6. The van der Waals surface area contributed by atoms with Gasteiger partial charge in [-0.2, -0.15) is 0 Å². The fourth-order valence-corrected chi connectivity index (χ4v) is 4.51. The highest BCUT2D eigenvalue weighted by atomic mass is 32.2. The molecule has 0 atom stereocenters. The third kappa shape index (κ3) is 4.04. The number of primary sulfonamides is 1. The zero-order valence-corrected chi connectivity index (χ0v) is 17.1. The SMILES string of the molecule is CCn1c(CCC(=O)Nc2ccc3c(c2)CCC3)nc2cc(S(N)(=O)=O)ccc21. The molecule has 1 aliphatic rings.